The van der Waals surface area contributed by atoms with Gasteiger partial charge in [-0.15, -0.1) is 0 Å². The van der Waals surface area contributed by atoms with Gasteiger partial charge >= 0.3 is 5.97 Å². The molecule has 0 radical (unpaired) electrons. The molecule has 2 aromatic carbocycles. The fourth-order valence-electron chi connectivity index (χ4n) is 2.85. The molecule has 0 saturated heterocycles. The molecule has 0 fully saturated rings. The van der Waals surface area contributed by atoms with Gasteiger partial charge in [0.1, 0.15) is 12.4 Å². The van der Waals surface area contributed by atoms with E-state index in [-0.39, 0.29) is 12.3 Å². The largest absolute Gasteiger partial charge is 0.486 e. The van der Waals surface area contributed by atoms with Crippen LogP contribution in [-0.2, 0) is 6.61 Å². The smallest absolute Gasteiger partial charge is 0.356 e. The van der Waals surface area contributed by atoms with Gasteiger partial charge in [-0.05, 0) is 30.3 Å². The molecule has 2 heterocycles. The zero-order valence-corrected chi connectivity index (χ0v) is 14.7. The predicted octanol–water partition coefficient (Wildman–Crippen LogP) is 5.09. The minimum absolute atomic E-state index is 0.0545. The van der Waals surface area contributed by atoms with Crippen molar-refractivity contribution in [2.24, 2.45) is 0 Å². The SMILES string of the molecule is O=C(O)c1nn(-c2ccc(Cl)cc2Cl)c2c1COc1c(Cl)cccc1-2. The van der Waals surface area contributed by atoms with Crippen molar-refractivity contribution in [3.05, 3.63) is 62.7 Å². The summed E-state index contributed by atoms with van der Waals surface area (Å²) in [5.41, 5.74) is 2.13. The lowest BCUT2D eigenvalue weighted by Gasteiger charge is -2.20. The van der Waals surface area contributed by atoms with Crippen LogP contribution in [0.25, 0.3) is 16.9 Å². The third kappa shape index (κ3) is 2.56. The van der Waals surface area contributed by atoms with Gasteiger partial charge in [-0.3, -0.25) is 0 Å². The number of aromatic nitrogens is 2. The van der Waals surface area contributed by atoms with E-state index in [4.69, 9.17) is 39.5 Å². The number of fused-ring (bicyclic) bond motifs is 3. The van der Waals surface area contributed by atoms with Gasteiger partial charge in [-0.2, -0.15) is 5.10 Å². The van der Waals surface area contributed by atoms with Crippen molar-refractivity contribution in [3.8, 4) is 22.7 Å². The summed E-state index contributed by atoms with van der Waals surface area (Å²) in [6.07, 6.45) is 0. The molecule has 0 spiro atoms. The van der Waals surface area contributed by atoms with E-state index in [0.717, 1.165) is 0 Å². The Morgan fingerprint density at radius 1 is 1.16 bits per heavy atom. The molecule has 0 aliphatic carbocycles. The minimum atomic E-state index is -1.14. The highest BCUT2D eigenvalue weighted by Gasteiger charge is 2.31. The first-order valence-electron chi connectivity index (χ1n) is 7.19. The molecule has 0 saturated carbocycles. The van der Waals surface area contributed by atoms with Crippen molar-refractivity contribution in [2.75, 3.05) is 0 Å². The molecule has 5 nitrogen and oxygen atoms in total. The Balaban J connectivity index is 2.06. The first-order chi connectivity index (χ1) is 12.0. The van der Waals surface area contributed by atoms with Crippen LogP contribution in [0.1, 0.15) is 16.1 Å². The maximum atomic E-state index is 11.6. The van der Waals surface area contributed by atoms with Crippen LogP contribution < -0.4 is 4.74 Å². The minimum Gasteiger partial charge on any atom is -0.486 e. The number of hydrogen-bond acceptors (Lipinski definition) is 3. The lowest BCUT2D eigenvalue weighted by molar-refractivity contribution is 0.0687. The Kier molecular flexibility index (Phi) is 3.87. The summed E-state index contributed by atoms with van der Waals surface area (Å²) >= 11 is 18.5. The lowest BCUT2D eigenvalue weighted by Crippen LogP contribution is -2.10. The van der Waals surface area contributed by atoms with Crippen LogP contribution in [-0.4, -0.2) is 20.9 Å². The summed E-state index contributed by atoms with van der Waals surface area (Å²) in [6.45, 7) is 0.0545. The van der Waals surface area contributed by atoms with Crippen LogP contribution in [0, 0.1) is 0 Å². The van der Waals surface area contributed by atoms with E-state index >= 15 is 0 Å². The van der Waals surface area contributed by atoms with Crippen molar-refractivity contribution in [3.63, 3.8) is 0 Å². The van der Waals surface area contributed by atoms with Crippen molar-refractivity contribution in [2.45, 2.75) is 6.61 Å². The second kappa shape index (κ2) is 5.95. The van der Waals surface area contributed by atoms with Crippen LogP contribution in [0.4, 0.5) is 0 Å². The van der Waals surface area contributed by atoms with Crippen LogP contribution >= 0.6 is 34.8 Å². The third-order valence-corrected chi connectivity index (χ3v) is 4.74. The molecule has 8 heteroatoms. The van der Waals surface area contributed by atoms with Gasteiger partial charge in [0.25, 0.3) is 0 Å². The molecule has 1 aliphatic rings. The van der Waals surface area contributed by atoms with Crippen molar-refractivity contribution in [1.29, 1.82) is 0 Å². The van der Waals surface area contributed by atoms with Gasteiger partial charge in [0.05, 0.1) is 27.0 Å². The van der Waals surface area contributed by atoms with Crippen molar-refractivity contribution < 1.29 is 14.6 Å². The van der Waals surface area contributed by atoms with Gasteiger partial charge < -0.3 is 9.84 Å². The number of aromatic carboxylic acids is 1. The normalized spacial score (nSPS) is 12.3. The number of halogens is 3. The van der Waals surface area contributed by atoms with Crippen LogP contribution in [0.5, 0.6) is 5.75 Å². The number of carboxylic acid groups (broad SMARTS) is 1. The maximum absolute atomic E-state index is 11.6. The third-order valence-electron chi connectivity index (χ3n) is 3.91. The highest BCUT2D eigenvalue weighted by molar-refractivity contribution is 6.35. The molecular weight excluding hydrogens is 387 g/mol. The number of carbonyl (C=O) groups is 1. The standard InChI is InChI=1S/C17H9Cl3N2O3/c18-8-4-5-13(12(20)6-8)22-15-9-2-1-3-11(19)16(9)25-7-10(15)14(21-22)17(23)24/h1-6H,7H2,(H,23,24). The molecule has 1 aliphatic heterocycles. The molecule has 0 atom stereocenters. The summed E-state index contributed by atoms with van der Waals surface area (Å²) in [4.78, 5) is 11.6. The highest BCUT2D eigenvalue weighted by Crippen LogP contribution is 2.44. The van der Waals surface area contributed by atoms with E-state index in [0.29, 0.717) is 43.3 Å². The van der Waals surface area contributed by atoms with E-state index < -0.39 is 5.97 Å². The summed E-state index contributed by atoms with van der Waals surface area (Å²) in [5.74, 6) is -0.658. The van der Waals surface area contributed by atoms with E-state index in [1.807, 2.05) is 0 Å². The summed E-state index contributed by atoms with van der Waals surface area (Å²) in [7, 11) is 0. The zero-order chi connectivity index (χ0) is 17.7. The van der Waals surface area contributed by atoms with E-state index in [1.165, 1.54) is 4.68 Å². The maximum Gasteiger partial charge on any atom is 0.356 e. The first kappa shape index (κ1) is 16.3. The highest BCUT2D eigenvalue weighted by atomic mass is 35.5. The summed E-state index contributed by atoms with van der Waals surface area (Å²) in [6, 6.07) is 10.2. The molecule has 126 valence electrons. The second-order valence-corrected chi connectivity index (χ2v) is 6.64. The lowest BCUT2D eigenvalue weighted by atomic mass is 10.0. The average Bonchev–Trinajstić information content (AvgIpc) is 2.95. The van der Waals surface area contributed by atoms with Crippen LogP contribution in [0.3, 0.4) is 0 Å². The Morgan fingerprint density at radius 2 is 1.96 bits per heavy atom. The number of para-hydroxylation sites is 1. The van der Waals surface area contributed by atoms with Gasteiger partial charge in [0.15, 0.2) is 5.69 Å². The topological polar surface area (TPSA) is 64.3 Å². The quantitative estimate of drug-likeness (QED) is 0.656. The molecular formula is C17H9Cl3N2O3. The van der Waals surface area contributed by atoms with E-state index in [2.05, 4.69) is 5.10 Å². The summed E-state index contributed by atoms with van der Waals surface area (Å²) in [5, 5.41) is 15.0. The van der Waals surface area contributed by atoms with Gasteiger partial charge in [-0.1, -0.05) is 40.9 Å². The van der Waals surface area contributed by atoms with E-state index in [1.54, 1.807) is 36.4 Å². The molecule has 0 unspecified atom stereocenters. The summed E-state index contributed by atoms with van der Waals surface area (Å²) < 4.78 is 7.16. The number of nitrogens with zero attached hydrogens (tertiary/aromatic N) is 2. The fraction of sp³-hybridized carbons (Fsp3) is 0.0588. The zero-order valence-electron chi connectivity index (χ0n) is 12.5. The number of ether oxygens (including phenoxy) is 1. The van der Waals surface area contributed by atoms with Gasteiger partial charge in [0, 0.05) is 10.6 Å². The number of hydrogen-bond donors (Lipinski definition) is 1. The Hall–Kier alpha value is -2.21. The van der Waals surface area contributed by atoms with Crippen molar-refractivity contribution >= 4 is 40.8 Å². The monoisotopic (exact) mass is 394 g/mol. The Bertz CT molecular complexity index is 1030. The molecule has 4 rings (SSSR count). The average molecular weight is 396 g/mol. The molecule has 1 aromatic heterocycles. The van der Waals surface area contributed by atoms with Crippen LogP contribution in [0.2, 0.25) is 15.1 Å². The molecule has 25 heavy (non-hydrogen) atoms. The molecule has 1 N–H and O–H groups in total. The fourth-order valence-corrected chi connectivity index (χ4v) is 3.57. The Morgan fingerprint density at radius 3 is 2.68 bits per heavy atom. The number of carboxylic acids is 1. The number of benzene rings is 2. The van der Waals surface area contributed by atoms with Crippen molar-refractivity contribution in [1.82, 2.24) is 9.78 Å². The molecule has 0 bridgehead atoms. The van der Waals surface area contributed by atoms with Gasteiger partial charge in [0.2, 0.25) is 0 Å². The second-order valence-electron chi connectivity index (χ2n) is 5.39. The molecule has 0 amide bonds. The Labute approximate surface area is 157 Å². The molecule has 3 aromatic rings. The first-order valence-corrected chi connectivity index (χ1v) is 8.33. The van der Waals surface area contributed by atoms with Crippen LogP contribution in [0.15, 0.2) is 36.4 Å². The number of rotatable bonds is 2. The van der Waals surface area contributed by atoms with Gasteiger partial charge in [-0.25, -0.2) is 9.48 Å². The predicted molar refractivity (Wildman–Crippen MR) is 95.3 cm³/mol. The van der Waals surface area contributed by atoms with E-state index in [9.17, 15) is 9.90 Å².